The summed E-state index contributed by atoms with van der Waals surface area (Å²) in [5, 5.41) is 0. The average Bonchev–Trinajstić information content (AvgIpc) is 2.08. The number of benzene rings is 1. The first-order valence-corrected chi connectivity index (χ1v) is 5.13. The fourth-order valence-electron chi connectivity index (χ4n) is 1.20. The van der Waals surface area contributed by atoms with Crippen molar-refractivity contribution < 1.29 is 4.74 Å². The fraction of sp³-hybridized carbons (Fsp3) is 0.455. The van der Waals surface area contributed by atoms with Crippen molar-refractivity contribution in [1.29, 1.82) is 0 Å². The minimum atomic E-state index is 0.237. The summed E-state index contributed by atoms with van der Waals surface area (Å²) in [4.78, 5) is 0. The molecule has 0 atom stereocenters. The maximum absolute atomic E-state index is 5.62. The number of aryl methyl sites for hydroxylation is 1. The van der Waals surface area contributed by atoms with Gasteiger partial charge in [-0.05, 0) is 38.0 Å². The van der Waals surface area contributed by atoms with Gasteiger partial charge in [-0.25, -0.2) is 0 Å². The molecule has 0 saturated carbocycles. The van der Waals surface area contributed by atoms with Crippen molar-refractivity contribution in [3.8, 4) is 5.75 Å². The van der Waals surface area contributed by atoms with Gasteiger partial charge in [0.05, 0.1) is 6.10 Å². The minimum Gasteiger partial charge on any atom is -0.491 e. The van der Waals surface area contributed by atoms with Gasteiger partial charge in [0.25, 0.3) is 0 Å². The molecule has 0 N–H and O–H groups in total. The zero-order valence-corrected chi connectivity index (χ0v) is 9.27. The monoisotopic (exact) mass is 196 g/mol. The number of rotatable bonds is 3. The molecule has 1 rings (SSSR count). The fourth-order valence-corrected chi connectivity index (χ4v) is 1.39. The third-order valence-corrected chi connectivity index (χ3v) is 2.15. The van der Waals surface area contributed by atoms with Crippen LogP contribution in [0, 0.1) is 6.92 Å². The highest BCUT2D eigenvalue weighted by atomic mass is 32.1. The predicted molar refractivity (Wildman–Crippen MR) is 59.6 cm³/mol. The Hall–Kier alpha value is -0.630. The van der Waals surface area contributed by atoms with Gasteiger partial charge in [-0.15, -0.1) is 0 Å². The molecule has 1 aromatic carbocycles. The molecule has 2 heteroatoms. The van der Waals surface area contributed by atoms with Crippen LogP contribution in [0.4, 0.5) is 0 Å². The third-order valence-electron chi connectivity index (χ3n) is 1.78. The maximum Gasteiger partial charge on any atom is 0.122 e. The van der Waals surface area contributed by atoms with Gasteiger partial charge >= 0.3 is 0 Å². The molecule has 0 radical (unpaired) electrons. The summed E-state index contributed by atoms with van der Waals surface area (Å²) in [7, 11) is 0. The molecule has 0 saturated heterocycles. The number of ether oxygens (including phenoxy) is 1. The van der Waals surface area contributed by atoms with E-state index >= 15 is 0 Å². The molecule has 1 nitrogen and oxygen atoms in total. The minimum absolute atomic E-state index is 0.237. The maximum atomic E-state index is 5.62. The zero-order chi connectivity index (χ0) is 9.84. The summed E-state index contributed by atoms with van der Waals surface area (Å²) in [6.07, 6.45) is 0.237. The van der Waals surface area contributed by atoms with E-state index in [0.29, 0.717) is 0 Å². The molecule has 0 aliphatic carbocycles. The van der Waals surface area contributed by atoms with E-state index in [9.17, 15) is 0 Å². The SMILES string of the molecule is Cc1cc(CS)ccc1OC(C)C. The van der Waals surface area contributed by atoms with Gasteiger partial charge < -0.3 is 4.74 Å². The molecule has 1 aromatic rings. The van der Waals surface area contributed by atoms with Crippen LogP contribution in [-0.2, 0) is 5.75 Å². The molecule has 0 aliphatic rings. The van der Waals surface area contributed by atoms with Crippen molar-refractivity contribution in [3.63, 3.8) is 0 Å². The van der Waals surface area contributed by atoms with Gasteiger partial charge in [0.15, 0.2) is 0 Å². The lowest BCUT2D eigenvalue weighted by Crippen LogP contribution is -2.06. The Morgan fingerprint density at radius 2 is 2.08 bits per heavy atom. The van der Waals surface area contributed by atoms with E-state index in [-0.39, 0.29) is 6.10 Å². The van der Waals surface area contributed by atoms with E-state index in [2.05, 4.69) is 31.7 Å². The van der Waals surface area contributed by atoms with E-state index in [4.69, 9.17) is 4.74 Å². The normalized spacial score (nSPS) is 10.5. The van der Waals surface area contributed by atoms with Crippen LogP contribution in [0.15, 0.2) is 18.2 Å². The first-order valence-electron chi connectivity index (χ1n) is 4.50. The summed E-state index contributed by atoms with van der Waals surface area (Å²) in [6.45, 7) is 6.13. The molecule has 0 amide bonds. The lowest BCUT2D eigenvalue weighted by molar-refractivity contribution is 0.240. The van der Waals surface area contributed by atoms with E-state index in [0.717, 1.165) is 11.5 Å². The van der Waals surface area contributed by atoms with Crippen LogP contribution in [0.3, 0.4) is 0 Å². The number of hydrogen-bond acceptors (Lipinski definition) is 2. The van der Waals surface area contributed by atoms with E-state index in [1.807, 2.05) is 19.9 Å². The molecule has 0 aromatic heterocycles. The Kier molecular flexibility index (Phi) is 3.67. The van der Waals surface area contributed by atoms with Crippen molar-refractivity contribution in [2.75, 3.05) is 0 Å². The first kappa shape index (κ1) is 10.5. The van der Waals surface area contributed by atoms with Crippen molar-refractivity contribution in [2.45, 2.75) is 32.6 Å². The second-order valence-electron chi connectivity index (χ2n) is 3.42. The quantitative estimate of drug-likeness (QED) is 0.730. The Morgan fingerprint density at radius 3 is 2.54 bits per heavy atom. The molecular formula is C11H16OS. The number of thiol groups is 1. The van der Waals surface area contributed by atoms with Crippen molar-refractivity contribution >= 4 is 12.6 Å². The molecule has 13 heavy (non-hydrogen) atoms. The lowest BCUT2D eigenvalue weighted by atomic mass is 10.1. The standard InChI is InChI=1S/C11H16OS/c1-8(2)12-11-5-4-10(7-13)6-9(11)3/h4-6,8,13H,7H2,1-3H3. The highest BCUT2D eigenvalue weighted by Crippen LogP contribution is 2.20. The van der Waals surface area contributed by atoms with Crippen molar-refractivity contribution in [2.24, 2.45) is 0 Å². The first-order chi connectivity index (χ1) is 6.13. The Labute approximate surface area is 85.5 Å². The van der Waals surface area contributed by atoms with Crippen LogP contribution >= 0.6 is 12.6 Å². The van der Waals surface area contributed by atoms with Gasteiger partial charge in [-0.3, -0.25) is 0 Å². The summed E-state index contributed by atoms with van der Waals surface area (Å²) in [6, 6.07) is 6.18. The van der Waals surface area contributed by atoms with Crippen LogP contribution in [0.1, 0.15) is 25.0 Å². The lowest BCUT2D eigenvalue weighted by Gasteiger charge is -2.12. The van der Waals surface area contributed by atoms with Crippen LogP contribution in [0.5, 0.6) is 5.75 Å². The van der Waals surface area contributed by atoms with Gasteiger partial charge in [-0.1, -0.05) is 12.1 Å². The average molecular weight is 196 g/mol. The molecular weight excluding hydrogens is 180 g/mol. The van der Waals surface area contributed by atoms with Gasteiger partial charge in [0, 0.05) is 5.75 Å². The van der Waals surface area contributed by atoms with Crippen LogP contribution in [0.25, 0.3) is 0 Å². The number of hydrogen-bond donors (Lipinski definition) is 1. The van der Waals surface area contributed by atoms with Crippen LogP contribution < -0.4 is 4.74 Å². The highest BCUT2D eigenvalue weighted by Gasteiger charge is 2.01. The summed E-state index contributed by atoms with van der Waals surface area (Å²) < 4.78 is 5.62. The molecule has 0 spiro atoms. The van der Waals surface area contributed by atoms with Crippen molar-refractivity contribution in [1.82, 2.24) is 0 Å². The molecule has 0 heterocycles. The van der Waals surface area contributed by atoms with Crippen LogP contribution in [0.2, 0.25) is 0 Å². The summed E-state index contributed by atoms with van der Waals surface area (Å²) in [5.41, 5.74) is 2.41. The van der Waals surface area contributed by atoms with Gasteiger partial charge in [-0.2, -0.15) is 12.6 Å². The summed E-state index contributed by atoms with van der Waals surface area (Å²) in [5.74, 6) is 1.75. The van der Waals surface area contributed by atoms with Gasteiger partial charge in [0.1, 0.15) is 5.75 Å². The molecule has 0 bridgehead atoms. The smallest absolute Gasteiger partial charge is 0.122 e. The largest absolute Gasteiger partial charge is 0.491 e. The topological polar surface area (TPSA) is 9.23 Å². The molecule has 0 unspecified atom stereocenters. The zero-order valence-electron chi connectivity index (χ0n) is 8.37. The highest BCUT2D eigenvalue weighted by molar-refractivity contribution is 7.79. The van der Waals surface area contributed by atoms with E-state index < -0.39 is 0 Å². The molecule has 72 valence electrons. The molecule has 0 aliphatic heterocycles. The Morgan fingerprint density at radius 1 is 1.38 bits per heavy atom. The second kappa shape index (κ2) is 4.56. The van der Waals surface area contributed by atoms with Crippen molar-refractivity contribution in [3.05, 3.63) is 29.3 Å². The Balaban J connectivity index is 2.85. The third kappa shape index (κ3) is 2.96. The van der Waals surface area contributed by atoms with E-state index in [1.165, 1.54) is 11.1 Å². The predicted octanol–water partition coefficient (Wildman–Crippen LogP) is 3.21. The second-order valence-corrected chi connectivity index (χ2v) is 3.74. The van der Waals surface area contributed by atoms with Gasteiger partial charge in [0.2, 0.25) is 0 Å². The van der Waals surface area contributed by atoms with Crippen LogP contribution in [-0.4, -0.2) is 6.10 Å². The van der Waals surface area contributed by atoms with E-state index in [1.54, 1.807) is 0 Å². The molecule has 0 fully saturated rings. The Bertz CT molecular complexity index is 281. The summed E-state index contributed by atoms with van der Waals surface area (Å²) >= 11 is 4.22.